The second-order valence-corrected chi connectivity index (χ2v) is 11.0. The number of sulfonamides is 1. The SMILES string of the molecule is CC(=O)c1ccc(S(=O)(=O)N2CCN(C(=O)CNC(c3ccccc3)c3cccs3)CC2)cc1. The number of thiophene rings is 1. The van der Waals surface area contributed by atoms with E-state index in [4.69, 9.17) is 0 Å². The predicted octanol–water partition coefficient (Wildman–Crippen LogP) is 3.16. The number of rotatable bonds is 8. The van der Waals surface area contributed by atoms with Crippen molar-refractivity contribution in [2.45, 2.75) is 17.9 Å². The molecule has 4 rings (SSSR count). The van der Waals surface area contributed by atoms with Crippen LogP contribution in [-0.2, 0) is 14.8 Å². The van der Waals surface area contributed by atoms with Crippen molar-refractivity contribution in [1.29, 1.82) is 0 Å². The van der Waals surface area contributed by atoms with Gasteiger partial charge in [0.1, 0.15) is 0 Å². The van der Waals surface area contributed by atoms with E-state index in [-0.39, 0.29) is 42.3 Å². The van der Waals surface area contributed by atoms with E-state index in [0.29, 0.717) is 18.7 Å². The van der Waals surface area contributed by atoms with E-state index in [9.17, 15) is 18.0 Å². The van der Waals surface area contributed by atoms with Gasteiger partial charge in [0.15, 0.2) is 5.78 Å². The summed E-state index contributed by atoms with van der Waals surface area (Å²) in [6, 6.07) is 19.9. The van der Waals surface area contributed by atoms with E-state index < -0.39 is 10.0 Å². The number of Topliss-reactive ketones (excluding diaryl/α,β-unsaturated/α-hetero) is 1. The average Bonchev–Trinajstić information content (AvgIpc) is 3.39. The molecule has 7 nitrogen and oxygen atoms in total. The first kappa shape index (κ1) is 24.3. The minimum absolute atomic E-state index is 0.0552. The third-order valence-electron chi connectivity index (χ3n) is 5.91. The topological polar surface area (TPSA) is 86.8 Å². The molecule has 3 aromatic rings. The van der Waals surface area contributed by atoms with Gasteiger partial charge >= 0.3 is 0 Å². The van der Waals surface area contributed by atoms with E-state index in [1.165, 1.54) is 35.5 Å². The minimum Gasteiger partial charge on any atom is -0.339 e. The molecular weight excluding hydrogens is 470 g/mol. The third kappa shape index (κ3) is 5.44. The van der Waals surface area contributed by atoms with Crippen LogP contribution in [0.15, 0.2) is 77.0 Å². The largest absolute Gasteiger partial charge is 0.339 e. The molecule has 1 aliphatic heterocycles. The Bertz CT molecular complexity index is 1220. The maximum Gasteiger partial charge on any atom is 0.243 e. The zero-order valence-corrected chi connectivity index (χ0v) is 20.5. The minimum atomic E-state index is -3.68. The number of benzene rings is 2. The van der Waals surface area contributed by atoms with Crippen LogP contribution in [0, 0.1) is 0 Å². The lowest BCUT2D eigenvalue weighted by atomic mass is 10.1. The van der Waals surface area contributed by atoms with E-state index in [1.807, 2.05) is 47.8 Å². The fourth-order valence-electron chi connectivity index (χ4n) is 3.97. The quantitative estimate of drug-likeness (QED) is 0.483. The molecule has 2 heterocycles. The average molecular weight is 498 g/mol. The van der Waals surface area contributed by atoms with Crippen molar-refractivity contribution < 1.29 is 18.0 Å². The second-order valence-electron chi connectivity index (χ2n) is 8.11. The molecule has 178 valence electrons. The van der Waals surface area contributed by atoms with Crippen molar-refractivity contribution in [1.82, 2.24) is 14.5 Å². The molecule has 9 heteroatoms. The van der Waals surface area contributed by atoms with Gasteiger partial charge in [-0.3, -0.25) is 14.9 Å². The fraction of sp³-hybridized carbons (Fsp3) is 0.280. The molecule has 0 aliphatic carbocycles. The number of hydrogen-bond donors (Lipinski definition) is 1. The van der Waals surface area contributed by atoms with E-state index in [0.717, 1.165) is 10.4 Å². The van der Waals surface area contributed by atoms with E-state index >= 15 is 0 Å². The number of ketones is 1. The Hall–Kier alpha value is -2.85. The summed E-state index contributed by atoms with van der Waals surface area (Å²) in [6.07, 6.45) is 0. The van der Waals surface area contributed by atoms with Gasteiger partial charge in [0.25, 0.3) is 0 Å². The Balaban J connectivity index is 1.35. The molecule has 1 aromatic heterocycles. The van der Waals surface area contributed by atoms with Gasteiger partial charge in [-0.15, -0.1) is 11.3 Å². The van der Waals surface area contributed by atoms with Gasteiger partial charge in [0.2, 0.25) is 15.9 Å². The standard InChI is InChI=1S/C25H27N3O4S2/c1-19(29)20-9-11-22(12-10-20)34(31,32)28-15-13-27(14-16-28)24(30)18-26-25(23-8-5-17-33-23)21-6-3-2-4-7-21/h2-12,17,25-26H,13-16,18H2,1H3. The first-order valence-corrected chi connectivity index (χ1v) is 13.4. The van der Waals surface area contributed by atoms with Crippen LogP contribution < -0.4 is 5.32 Å². The summed E-state index contributed by atoms with van der Waals surface area (Å²) in [5.74, 6) is -0.168. The number of nitrogens with zero attached hydrogens (tertiary/aromatic N) is 2. The monoisotopic (exact) mass is 497 g/mol. The smallest absolute Gasteiger partial charge is 0.243 e. The predicted molar refractivity (Wildman–Crippen MR) is 132 cm³/mol. The van der Waals surface area contributed by atoms with Crippen molar-refractivity contribution in [2.24, 2.45) is 0 Å². The van der Waals surface area contributed by atoms with Crippen LogP contribution in [0.25, 0.3) is 0 Å². The Kier molecular flexibility index (Phi) is 7.57. The summed E-state index contributed by atoms with van der Waals surface area (Å²) >= 11 is 1.64. The van der Waals surface area contributed by atoms with E-state index in [1.54, 1.807) is 16.2 Å². The van der Waals surface area contributed by atoms with Gasteiger partial charge < -0.3 is 4.90 Å². The molecule has 0 bridgehead atoms. The Morgan fingerprint density at radius 2 is 1.62 bits per heavy atom. The van der Waals surface area contributed by atoms with Gasteiger partial charge in [-0.2, -0.15) is 4.31 Å². The van der Waals surface area contributed by atoms with Gasteiger partial charge in [0, 0.05) is 36.6 Å². The van der Waals surface area contributed by atoms with Crippen LogP contribution in [0.5, 0.6) is 0 Å². The highest BCUT2D eigenvalue weighted by atomic mass is 32.2. The zero-order valence-electron chi connectivity index (χ0n) is 18.9. The second kappa shape index (κ2) is 10.6. The van der Waals surface area contributed by atoms with Crippen molar-refractivity contribution in [3.8, 4) is 0 Å². The zero-order chi connectivity index (χ0) is 24.1. The van der Waals surface area contributed by atoms with Gasteiger partial charge in [-0.1, -0.05) is 48.5 Å². The molecule has 1 aliphatic rings. The maximum absolute atomic E-state index is 13.0. The Morgan fingerprint density at radius 1 is 0.941 bits per heavy atom. The summed E-state index contributed by atoms with van der Waals surface area (Å²) < 4.78 is 27.3. The molecule has 34 heavy (non-hydrogen) atoms. The van der Waals surface area contributed by atoms with Gasteiger partial charge in [0.05, 0.1) is 17.5 Å². The molecule has 1 fully saturated rings. The number of carbonyl (C=O) groups is 2. The molecule has 0 radical (unpaired) electrons. The van der Waals surface area contributed by atoms with Crippen molar-refractivity contribution in [3.05, 3.63) is 88.1 Å². The van der Waals surface area contributed by atoms with Gasteiger partial charge in [-0.25, -0.2) is 8.42 Å². The third-order valence-corrected chi connectivity index (χ3v) is 8.76. The number of nitrogens with one attached hydrogen (secondary N) is 1. The van der Waals surface area contributed by atoms with Gasteiger partial charge in [-0.05, 0) is 36.1 Å². The summed E-state index contributed by atoms with van der Waals surface area (Å²) in [6.45, 7) is 2.74. The lowest BCUT2D eigenvalue weighted by Crippen LogP contribution is -2.52. The number of piperazine rings is 1. The number of carbonyl (C=O) groups excluding carboxylic acids is 2. The highest BCUT2D eigenvalue weighted by Gasteiger charge is 2.30. The molecule has 1 atom stereocenters. The molecular formula is C25H27N3O4S2. The first-order chi connectivity index (χ1) is 16.4. The summed E-state index contributed by atoms with van der Waals surface area (Å²) in [4.78, 5) is 27.3. The van der Waals surface area contributed by atoms with Crippen molar-refractivity contribution in [2.75, 3.05) is 32.7 Å². The molecule has 1 saturated heterocycles. The van der Waals surface area contributed by atoms with Crippen LogP contribution in [0.1, 0.15) is 33.8 Å². The van der Waals surface area contributed by atoms with Crippen LogP contribution in [-0.4, -0.2) is 62.0 Å². The fourth-order valence-corrected chi connectivity index (χ4v) is 6.22. The summed E-state index contributed by atoms with van der Waals surface area (Å²) in [5.41, 5.74) is 1.56. The molecule has 0 spiro atoms. The van der Waals surface area contributed by atoms with Crippen LogP contribution in [0.2, 0.25) is 0 Å². The maximum atomic E-state index is 13.0. The lowest BCUT2D eigenvalue weighted by molar-refractivity contribution is -0.131. The highest BCUT2D eigenvalue weighted by Crippen LogP contribution is 2.26. The highest BCUT2D eigenvalue weighted by molar-refractivity contribution is 7.89. The van der Waals surface area contributed by atoms with Crippen molar-refractivity contribution in [3.63, 3.8) is 0 Å². The number of hydrogen-bond acceptors (Lipinski definition) is 6. The summed E-state index contributed by atoms with van der Waals surface area (Å²) in [7, 11) is -3.68. The van der Waals surface area contributed by atoms with Crippen LogP contribution >= 0.6 is 11.3 Å². The molecule has 1 amide bonds. The van der Waals surface area contributed by atoms with Crippen molar-refractivity contribution >= 4 is 33.1 Å². The first-order valence-electron chi connectivity index (χ1n) is 11.1. The Labute approximate surface area is 204 Å². The van der Waals surface area contributed by atoms with E-state index in [2.05, 4.69) is 5.32 Å². The molecule has 1 unspecified atom stereocenters. The normalized spacial score (nSPS) is 15.7. The summed E-state index contributed by atoms with van der Waals surface area (Å²) in [5, 5.41) is 5.39. The molecule has 0 saturated carbocycles. The van der Waals surface area contributed by atoms with Crippen LogP contribution in [0.3, 0.4) is 0 Å². The molecule has 1 N–H and O–H groups in total. The molecule has 2 aromatic carbocycles. The van der Waals surface area contributed by atoms with Crippen LogP contribution in [0.4, 0.5) is 0 Å². The lowest BCUT2D eigenvalue weighted by Gasteiger charge is -2.34. The number of amides is 1. The Morgan fingerprint density at radius 3 is 2.21 bits per heavy atom.